The lowest BCUT2D eigenvalue weighted by molar-refractivity contribution is -0.0452. The van der Waals surface area contributed by atoms with Crippen LogP contribution in [0.15, 0.2) is 0 Å². The van der Waals surface area contributed by atoms with Gasteiger partial charge in [-0.1, -0.05) is 19.8 Å². The molecule has 0 aliphatic heterocycles. The number of aliphatic hydroxyl groups is 1. The summed E-state index contributed by atoms with van der Waals surface area (Å²) in [7, 11) is 1.67. The first-order valence-electron chi connectivity index (χ1n) is 6.73. The first-order valence-corrected chi connectivity index (χ1v) is 6.73. The van der Waals surface area contributed by atoms with Gasteiger partial charge in [0.2, 0.25) is 0 Å². The molecule has 0 unspecified atom stereocenters. The van der Waals surface area contributed by atoms with E-state index in [9.17, 15) is 5.11 Å². The molecule has 0 aromatic rings. The van der Waals surface area contributed by atoms with Crippen molar-refractivity contribution in [2.24, 2.45) is 5.92 Å². The highest BCUT2D eigenvalue weighted by atomic mass is 16.5. The van der Waals surface area contributed by atoms with Gasteiger partial charge in [-0.05, 0) is 18.8 Å². The average molecular weight is 245 g/mol. The van der Waals surface area contributed by atoms with Crippen LogP contribution in [0.1, 0.15) is 32.6 Å². The van der Waals surface area contributed by atoms with Gasteiger partial charge >= 0.3 is 0 Å². The van der Waals surface area contributed by atoms with Crippen molar-refractivity contribution in [1.29, 1.82) is 0 Å². The number of rotatable bonds is 8. The minimum atomic E-state index is -0.416. The van der Waals surface area contributed by atoms with Crippen molar-refractivity contribution in [2.75, 3.05) is 33.4 Å². The van der Waals surface area contributed by atoms with Crippen LogP contribution in [0, 0.1) is 5.92 Å². The molecule has 0 aromatic carbocycles. The highest BCUT2D eigenvalue weighted by Crippen LogP contribution is 2.26. The normalized spacial score (nSPS) is 27.0. The van der Waals surface area contributed by atoms with Crippen molar-refractivity contribution in [3.8, 4) is 0 Å². The molecule has 0 spiro atoms. The molecule has 1 saturated carbocycles. The van der Waals surface area contributed by atoms with Crippen molar-refractivity contribution in [3.05, 3.63) is 0 Å². The van der Waals surface area contributed by atoms with Crippen molar-refractivity contribution in [2.45, 2.75) is 44.8 Å². The second kappa shape index (κ2) is 8.86. The predicted octanol–water partition coefficient (Wildman–Crippen LogP) is 1.18. The number of hydrogen-bond donors (Lipinski definition) is 2. The second-order valence-electron chi connectivity index (χ2n) is 4.98. The van der Waals surface area contributed by atoms with Crippen LogP contribution in [0.4, 0.5) is 0 Å². The van der Waals surface area contributed by atoms with Crippen LogP contribution < -0.4 is 5.32 Å². The number of methoxy groups -OCH3 is 1. The molecule has 4 nitrogen and oxygen atoms in total. The Balaban J connectivity index is 2.03. The summed E-state index contributed by atoms with van der Waals surface area (Å²) in [6, 6.07) is 0. The molecule has 17 heavy (non-hydrogen) atoms. The summed E-state index contributed by atoms with van der Waals surface area (Å²) in [5.74, 6) is 0.636. The molecule has 0 amide bonds. The van der Waals surface area contributed by atoms with Gasteiger partial charge in [0.1, 0.15) is 0 Å². The van der Waals surface area contributed by atoms with E-state index in [1.54, 1.807) is 7.11 Å². The van der Waals surface area contributed by atoms with Gasteiger partial charge in [-0.25, -0.2) is 0 Å². The van der Waals surface area contributed by atoms with E-state index >= 15 is 0 Å². The third kappa shape index (κ3) is 6.36. The predicted molar refractivity (Wildman–Crippen MR) is 68.1 cm³/mol. The molecule has 2 N–H and O–H groups in total. The third-order valence-corrected chi connectivity index (χ3v) is 3.40. The molecule has 0 radical (unpaired) electrons. The van der Waals surface area contributed by atoms with Crippen LogP contribution in [-0.2, 0) is 9.47 Å². The summed E-state index contributed by atoms with van der Waals surface area (Å²) in [6.45, 7) is 4.70. The van der Waals surface area contributed by atoms with Gasteiger partial charge in [0.25, 0.3) is 0 Å². The Morgan fingerprint density at radius 3 is 2.82 bits per heavy atom. The Hall–Kier alpha value is -0.160. The van der Waals surface area contributed by atoms with Gasteiger partial charge < -0.3 is 19.9 Å². The third-order valence-electron chi connectivity index (χ3n) is 3.40. The zero-order chi connectivity index (χ0) is 12.5. The lowest BCUT2D eigenvalue weighted by atomic mass is 9.88. The zero-order valence-electron chi connectivity index (χ0n) is 11.2. The Kier molecular flexibility index (Phi) is 7.77. The topological polar surface area (TPSA) is 50.7 Å². The molecule has 0 bridgehead atoms. The van der Waals surface area contributed by atoms with Gasteiger partial charge in [0.15, 0.2) is 0 Å². The number of nitrogens with one attached hydrogen (secondary N) is 1. The van der Waals surface area contributed by atoms with E-state index in [1.165, 1.54) is 19.3 Å². The molecule has 0 aromatic heterocycles. The number of ether oxygens (including phenoxy) is 2. The van der Waals surface area contributed by atoms with Crippen LogP contribution in [0.25, 0.3) is 0 Å². The molecule has 0 saturated heterocycles. The van der Waals surface area contributed by atoms with E-state index in [2.05, 4.69) is 12.2 Å². The van der Waals surface area contributed by atoms with E-state index in [-0.39, 0.29) is 0 Å². The van der Waals surface area contributed by atoms with Gasteiger partial charge in [-0.15, -0.1) is 0 Å². The average Bonchev–Trinajstić information content (AvgIpc) is 2.34. The van der Waals surface area contributed by atoms with Crippen LogP contribution >= 0.6 is 0 Å². The summed E-state index contributed by atoms with van der Waals surface area (Å²) >= 11 is 0. The highest BCUT2D eigenvalue weighted by Gasteiger charge is 2.22. The second-order valence-corrected chi connectivity index (χ2v) is 4.98. The fourth-order valence-corrected chi connectivity index (χ4v) is 2.27. The van der Waals surface area contributed by atoms with Crippen molar-refractivity contribution >= 4 is 0 Å². The molecule has 0 heterocycles. The quantitative estimate of drug-likeness (QED) is 0.631. The minimum absolute atomic E-state index is 0.345. The van der Waals surface area contributed by atoms with Crippen LogP contribution in [0.5, 0.6) is 0 Å². The van der Waals surface area contributed by atoms with E-state index in [1.807, 2.05) is 0 Å². The number of hydrogen-bond acceptors (Lipinski definition) is 4. The van der Waals surface area contributed by atoms with Crippen molar-refractivity contribution in [3.63, 3.8) is 0 Å². The van der Waals surface area contributed by atoms with Crippen LogP contribution in [-0.4, -0.2) is 50.7 Å². The van der Waals surface area contributed by atoms with Crippen molar-refractivity contribution in [1.82, 2.24) is 5.32 Å². The molecular formula is C13H27NO3. The smallest absolute Gasteiger partial charge is 0.0897 e. The van der Waals surface area contributed by atoms with E-state index in [0.717, 1.165) is 13.0 Å². The molecule has 1 aliphatic rings. The Morgan fingerprint density at radius 1 is 1.35 bits per heavy atom. The summed E-state index contributed by atoms with van der Waals surface area (Å²) < 4.78 is 10.7. The summed E-state index contributed by atoms with van der Waals surface area (Å²) in [5.41, 5.74) is 0. The Morgan fingerprint density at radius 2 is 2.12 bits per heavy atom. The summed E-state index contributed by atoms with van der Waals surface area (Å²) in [4.78, 5) is 0. The lowest BCUT2D eigenvalue weighted by Gasteiger charge is -2.29. The van der Waals surface area contributed by atoms with E-state index in [4.69, 9.17) is 9.47 Å². The first-order chi connectivity index (χ1) is 8.24. The maximum Gasteiger partial charge on any atom is 0.0897 e. The standard InChI is InChI=1S/C13H27NO3/c1-11-5-3-4-6-13(11)17-10-12(15)9-14-7-8-16-2/h11-15H,3-10H2,1-2H3/t11-,12+,13-/m0/s1. The molecule has 1 fully saturated rings. The molecule has 1 aliphatic carbocycles. The molecule has 3 atom stereocenters. The fourth-order valence-electron chi connectivity index (χ4n) is 2.27. The van der Waals surface area contributed by atoms with Crippen LogP contribution in [0.2, 0.25) is 0 Å². The molecular weight excluding hydrogens is 218 g/mol. The van der Waals surface area contributed by atoms with Gasteiger partial charge in [0.05, 0.1) is 25.4 Å². The largest absolute Gasteiger partial charge is 0.389 e. The number of aliphatic hydroxyl groups excluding tert-OH is 1. The summed E-state index contributed by atoms with van der Waals surface area (Å²) in [5, 5.41) is 12.9. The monoisotopic (exact) mass is 245 g/mol. The zero-order valence-corrected chi connectivity index (χ0v) is 11.2. The fraction of sp³-hybridized carbons (Fsp3) is 1.00. The Labute approximate surface area is 105 Å². The van der Waals surface area contributed by atoms with Gasteiger partial charge in [-0.3, -0.25) is 0 Å². The first kappa shape index (κ1) is 14.9. The summed E-state index contributed by atoms with van der Waals surface area (Å²) in [6.07, 6.45) is 4.91. The molecule has 1 rings (SSSR count). The highest BCUT2D eigenvalue weighted by molar-refractivity contribution is 4.73. The maximum atomic E-state index is 9.74. The maximum absolute atomic E-state index is 9.74. The van der Waals surface area contributed by atoms with Crippen molar-refractivity contribution < 1.29 is 14.6 Å². The van der Waals surface area contributed by atoms with E-state index in [0.29, 0.717) is 31.8 Å². The van der Waals surface area contributed by atoms with Gasteiger partial charge in [-0.2, -0.15) is 0 Å². The SMILES string of the molecule is COCCNC[C@@H](O)CO[C@H]1CCCC[C@@H]1C. The lowest BCUT2D eigenvalue weighted by Crippen LogP contribution is -2.35. The van der Waals surface area contributed by atoms with Crippen LogP contribution in [0.3, 0.4) is 0 Å². The Bertz CT molecular complexity index is 190. The molecule has 4 heteroatoms. The molecule has 102 valence electrons. The van der Waals surface area contributed by atoms with E-state index < -0.39 is 6.10 Å². The minimum Gasteiger partial charge on any atom is -0.389 e. The van der Waals surface area contributed by atoms with Gasteiger partial charge in [0, 0.05) is 20.2 Å².